The van der Waals surface area contributed by atoms with E-state index in [1.54, 1.807) is 43.3 Å². The highest BCUT2D eigenvalue weighted by atomic mass is 32.2. The number of likely N-dealkylation sites (tertiary alicyclic amines) is 1. The van der Waals surface area contributed by atoms with E-state index in [1.165, 1.54) is 11.3 Å². The lowest BCUT2D eigenvalue weighted by Gasteiger charge is -2.30. The van der Waals surface area contributed by atoms with Crippen LogP contribution in [0.5, 0.6) is 0 Å². The van der Waals surface area contributed by atoms with Crippen LogP contribution < -0.4 is 4.72 Å². The van der Waals surface area contributed by atoms with Gasteiger partial charge in [0, 0.05) is 35.9 Å². The Kier molecular flexibility index (Phi) is 5.91. The Morgan fingerprint density at radius 2 is 1.88 bits per heavy atom. The molecule has 0 radical (unpaired) electrons. The molecule has 5 rings (SSSR count). The van der Waals surface area contributed by atoms with E-state index in [1.807, 2.05) is 33.0 Å². The Morgan fingerprint density at radius 3 is 2.65 bits per heavy atom. The Bertz CT molecular complexity index is 1460. The van der Waals surface area contributed by atoms with Crippen molar-refractivity contribution in [3.8, 4) is 11.3 Å². The summed E-state index contributed by atoms with van der Waals surface area (Å²) in [6.07, 6.45) is 3.90. The molecule has 0 bridgehead atoms. The van der Waals surface area contributed by atoms with Crippen molar-refractivity contribution in [2.24, 2.45) is 5.92 Å². The maximum absolute atomic E-state index is 13.1. The molecule has 7 nitrogen and oxygen atoms in total. The first-order valence-corrected chi connectivity index (χ1v) is 13.6. The number of nitrogens with zero attached hydrogens (tertiary/aromatic N) is 3. The first-order chi connectivity index (χ1) is 16.3. The van der Waals surface area contributed by atoms with E-state index in [-0.39, 0.29) is 10.8 Å². The average molecular weight is 495 g/mol. The number of hydrogen-bond acceptors (Lipinski definition) is 5. The third kappa shape index (κ3) is 4.33. The molecule has 0 atom stereocenters. The predicted molar refractivity (Wildman–Crippen MR) is 135 cm³/mol. The van der Waals surface area contributed by atoms with Crippen molar-refractivity contribution in [3.05, 3.63) is 71.4 Å². The van der Waals surface area contributed by atoms with E-state index in [0.29, 0.717) is 28.6 Å². The lowest BCUT2D eigenvalue weighted by atomic mass is 9.99. The molecule has 0 saturated carbocycles. The standard InChI is InChI=1S/C25H26N4O3S2/c1-17-10-12-28(13-11-17)24(30)22-16-33-25-26-21(15-29(22)25)19-7-5-8-20(14-19)27-34(31,32)23-9-4-3-6-18(23)2/h3-9,14-17,27H,10-13H2,1-2H3. The van der Waals surface area contributed by atoms with Gasteiger partial charge in [0.15, 0.2) is 4.96 Å². The van der Waals surface area contributed by atoms with Crippen LogP contribution in [-0.4, -0.2) is 41.7 Å². The lowest BCUT2D eigenvalue weighted by molar-refractivity contribution is 0.0690. The zero-order valence-corrected chi connectivity index (χ0v) is 20.7. The molecule has 1 aliphatic heterocycles. The van der Waals surface area contributed by atoms with Gasteiger partial charge in [0.25, 0.3) is 15.9 Å². The molecule has 2 aromatic carbocycles. The average Bonchev–Trinajstić information content (AvgIpc) is 3.40. The molecule has 0 unspecified atom stereocenters. The molecule has 0 spiro atoms. The van der Waals surface area contributed by atoms with E-state index in [2.05, 4.69) is 16.6 Å². The summed E-state index contributed by atoms with van der Waals surface area (Å²) in [5.41, 5.74) is 3.21. The zero-order chi connectivity index (χ0) is 23.9. The van der Waals surface area contributed by atoms with E-state index < -0.39 is 10.0 Å². The summed E-state index contributed by atoms with van der Waals surface area (Å²) < 4.78 is 30.3. The Hall–Kier alpha value is -3.17. The fraction of sp³-hybridized carbons (Fsp3) is 0.280. The number of amides is 1. The summed E-state index contributed by atoms with van der Waals surface area (Å²) in [7, 11) is -3.71. The van der Waals surface area contributed by atoms with Crippen LogP contribution in [0, 0.1) is 12.8 Å². The second-order valence-corrected chi connectivity index (χ2v) is 11.3. The van der Waals surface area contributed by atoms with Crippen molar-refractivity contribution < 1.29 is 13.2 Å². The van der Waals surface area contributed by atoms with Crippen LogP contribution in [0.3, 0.4) is 0 Å². The highest BCUT2D eigenvalue weighted by Crippen LogP contribution is 2.28. The monoisotopic (exact) mass is 494 g/mol. The molecule has 176 valence electrons. The summed E-state index contributed by atoms with van der Waals surface area (Å²) in [6.45, 7) is 5.55. The zero-order valence-electron chi connectivity index (χ0n) is 19.1. The molecule has 34 heavy (non-hydrogen) atoms. The van der Waals surface area contributed by atoms with Gasteiger partial charge in [0.2, 0.25) is 0 Å². The number of imidazole rings is 1. The van der Waals surface area contributed by atoms with E-state index in [9.17, 15) is 13.2 Å². The van der Waals surface area contributed by atoms with E-state index in [4.69, 9.17) is 0 Å². The fourth-order valence-corrected chi connectivity index (χ4v) is 6.40. The van der Waals surface area contributed by atoms with Gasteiger partial charge in [-0.2, -0.15) is 0 Å². The van der Waals surface area contributed by atoms with Gasteiger partial charge < -0.3 is 4.90 Å². The molecule has 3 heterocycles. The number of benzene rings is 2. The van der Waals surface area contributed by atoms with Crippen LogP contribution in [0.25, 0.3) is 16.2 Å². The summed E-state index contributed by atoms with van der Waals surface area (Å²) >= 11 is 1.43. The molecule has 2 aromatic heterocycles. The van der Waals surface area contributed by atoms with Crippen LogP contribution >= 0.6 is 11.3 Å². The Balaban J connectivity index is 1.41. The number of sulfonamides is 1. The minimum absolute atomic E-state index is 0.0295. The van der Waals surface area contributed by atoms with Gasteiger partial charge in [0.05, 0.1) is 10.6 Å². The number of piperidine rings is 1. The smallest absolute Gasteiger partial charge is 0.271 e. The highest BCUT2D eigenvalue weighted by molar-refractivity contribution is 7.92. The largest absolute Gasteiger partial charge is 0.337 e. The maximum Gasteiger partial charge on any atom is 0.271 e. The van der Waals surface area contributed by atoms with Crippen molar-refractivity contribution in [2.75, 3.05) is 17.8 Å². The van der Waals surface area contributed by atoms with Crippen molar-refractivity contribution >= 4 is 37.9 Å². The maximum atomic E-state index is 13.1. The number of thiazole rings is 1. The predicted octanol–water partition coefficient (Wildman–Crippen LogP) is 5.04. The van der Waals surface area contributed by atoms with Crippen molar-refractivity contribution in [1.29, 1.82) is 0 Å². The topological polar surface area (TPSA) is 83.8 Å². The second kappa shape index (κ2) is 8.88. The molecule has 9 heteroatoms. The van der Waals surface area contributed by atoms with Crippen LogP contribution in [0.2, 0.25) is 0 Å². The quantitative estimate of drug-likeness (QED) is 0.421. The molecule has 1 aliphatic rings. The number of hydrogen-bond donors (Lipinski definition) is 1. The van der Waals surface area contributed by atoms with Crippen molar-refractivity contribution in [1.82, 2.24) is 14.3 Å². The number of carbonyl (C=O) groups is 1. The number of nitrogens with one attached hydrogen (secondary N) is 1. The highest BCUT2D eigenvalue weighted by Gasteiger charge is 2.24. The van der Waals surface area contributed by atoms with Crippen LogP contribution in [0.15, 0.2) is 65.0 Å². The van der Waals surface area contributed by atoms with Crippen LogP contribution in [0.4, 0.5) is 5.69 Å². The summed E-state index contributed by atoms with van der Waals surface area (Å²) in [5, 5.41) is 1.86. The first-order valence-electron chi connectivity index (χ1n) is 11.3. The minimum Gasteiger partial charge on any atom is -0.337 e. The van der Waals surface area contributed by atoms with Gasteiger partial charge in [-0.25, -0.2) is 13.4 Å². The lowest BCUT2D eigenvalue weighted by Crippen LogP contribution is -2.38. The minimum atomic E-state index is -3.71. The number of carbonyl (C=O) groups excluding carboxylic acids is 1. The summed E-state index contributed by atoms with van der Waals surface area (Å²) in [4.78, 5) is 20.7. The van der Waals surface area contributed by atoms with Crippen molar-refractivity contribution in [3.63, 3.8) is 0 Å². The van der Waals surface area contributed by atoms with Gasteiger partial charge in [-0.3, -0.25) is 13.9 Å². The third-order valence-electron chi connectivity index (χ3n) is 6.29. The van der Waals surface area contributed by atoms with Gasteiger partial charge in [-0.15, -0.1) is 11.3 Å². The number of aromatic nitrogens is 2. The molecule has 1 saturated heterocycles. The number of aryl methyl sites for hydroxylation is 1. The van der Waals surface area contributed by atoms with Crippen LogP contribution in [-0.2, 0) is 10.0 Å². The number of rotatable bonds is 5. The van der Waals surface area contributed by atoms with Crippen molar-refractivity contribution in [2.45, 2.75) is 31.6 Å². The normalized spacial score (nSPS) is 15.1. The van der Waals surface area contributed by atoms with Gasteiger partial charge >= 0.3 is 0 Å². The first kappa shape index (κ1) is 22.6. The van der Waals surface area contributed by atoms with E-state index >= 15 is 0 Å². The SMILES string of the molecule is Cc1ccccc1S(=O)(=O)Nc1cccc(-c2cn3c(C(=O)N4CCC(C)CC4)csc3n2)c1. The summed E-state index contributed by atoms with van der Waals surface area (Å²) in [5.74, 6) is 0.684. The molecule has 1 N–H and O–H groups in total. The molecular weight excluding hydrogens is 468 g/mol. The molecule has 4 aromatic rings. The fourth-order valence-electron chi connectivity index (χ4n) is 4.26. The molecule has 1 fully saturated rings. The number of fused-ring (bicyclic) bond motifs is 1. The van der Waals surface area contributed by atoms with E-state index in [0.717, 1.165) is 36.5 Å². The number of anilines is 1. The summed E-state index contributed by atoms with van der Waals surface area (Å²) in [6, 6.07) is 14.0. The molecule has 0 aliphatic carbocycles. The van der Waals surface area contributed by atoms with Gasteiger partial charge in [0.1, 0.15) is 5.69 Å². The van der Waals surface area contributed by atoms with Gasteiger partial charge in [-0.05, 0) is 49.4 Å². The third-order valence-corrected chi connectivity index (χ3v) is 8.67. The second-order valence-electron chi connectivity index (χ2n) is 8.83. The van der Waals surface area contributed by atoms with Gasteiger partial charge in [-0.1, -0.05) is 37.3 Å². The molecular formula is C25H26N4O3S2. The van der Waals surface area contributed by atoms with Crippen LogP contribution in [0.1, 0.15) is 35.8 Å². The molecule has 1 amide bonds. The Labute approximate surface area is 203 Å². The Morgan fingerprint density at radius 1 is 1.12 bits per heavy atom.